The van der Waals surface area contributed by atoms with Crippen LogP contribution in [0.5, 0.6) is 0 Å². The molecule has 0 atom stereocenters. The third-order valence-electron chi connectivity index (χ3n) is 3.21. The summed E-state index contributed by atoms with van der Waals surface area (Å²) in [7, 11) is 0. The lowest BCUT2D eigenvalue weighted by molar-refractivity contribution is 0.109. The Bertz CT molecular complexity index is 336. The Kier molecular flexibility index (Phi) is 3.57. The van der Waals surface area contributed by atoms with Gasteiger partial charge in [0.05, 0.1) is 0 Å². The van der Waals surface area contributed by atoms with E-state index in [1.54, 1.807) is 0 Å². The Labute approximate surface area is 99.0 Å². The van der Waals surface area contributed by atoms with Crippen LogP contribution in [0.4, 0.5) is 0 Å². The van der Waals surface area contributed by atoms with Crippen molar-refractivity contribution in [3.8, 4) is 0 Å². The van der Waals surface area contributed by atoms with Gasteiger partial charge in [-0.3, -0.25) is 4.79 Å². The summed E-state index contributed by atoms with van der Waals surface area (Å²) in [6, 6.07) is 8.04. The highest BCUT2D eigenvalue weighted by Gasteiger charge is 2.15. The maximum atomic E-state index is 11.0. The van der Waals surface area contributed by atoms with Crippen LogP contribution >= 0.6 is 15.9 Å². The van der Waals surface area contributed by atoms with Crippen LogP contribution in [-0.2, 0) is 0 Å². The molecule has 1 saturated carbocycles. The molecule has 1 aromatic rings. The van der Waals surface area contributed by atoms with E-state index in [-0.39, 0.29) is 4.69 Å². The maximum Gasteiger partial charge on any atom is 0.228 e. The lowest BCUT2D eigenvalue weighted by Crippen LogP contribution is -2.04. The fourth-order valence-corrected chi connectivity index (χ4v) is 2.59. The second kappa shape index (κ2) is 4.93. The predicted molar refractivity (Wildman–Crippen MR) is 65.5 cm³/mol. The molecule has 0 aliphatic heterocycles. The molecule has 2 rings (SSSR count). The van der Waals surface area contributed by atoms with Gasteiger partial charge >= 0.3 is 0 Å². The minimum absolute atomic E-state index is 0.0299. The highest BCUT2D eigenvalue weighted by molar-refractivity contribution is 9.18. The number of carbonyl (C=O) groups is 1. The first-order chi connectivity index (χ1) is 7.27. The molecule has 0 radical (unpaired) electrons. The smallest absolute Gasteiger partial charge is 0.228 e. The van der Waals surface area contributed by atoms with Crippen molar-refractivity contribution >= 4 is 20.6 Å². The van der Waals surface area contributed by atoms with Crippen LogP contribution in [0.3, 0.4) is 0 Å². The highest BCUT2D eigenvalue weighted by atomic mass is 79.9. The molecular formula is C13H15BrO. The third-order valence-corrected chi connectivity index (χ3v) is 3.67. The highest BCUT2D eigenvalue weighted by Crippen LogP contribution is 2.32. The summed E-state index contributed by atoms with van der Waals surface area (Å²) in [4.78, 5) is 11.0. The molecule has 80 valence electrons. The van der Waals surface area contributed by atoms with Crippen molar-refractivity contribution in [2.75, 3.05) is 0 Å². The molecule has 1 fully saturated rings. The Morgan fingerprint density at radius 1 is 1.07 bits per heavy atom. The van der Waals surface area contributed by atoms with Gasteiger partial charge in [-0.2, -0.15) is 0 Å². The van der Waals surface area contributed by atoms with E-state index in [1.807, 2.05) is 12.1 Å². The van der Waals surface area contributed by atoms with Gasteiger partial charge in [0.1, 0.15) is 0 Å². The average Bonchev–Trinajstić information content (AvgIpc) is 2.30. The Morgan fingerprint density at radius 3 is 2.20 bits per heavy atom. The summed E-state index contributed by atoms with van der Waals surface area (Å²) in [6.07, 6.45) is 6.70. The minimum Gasteiger partial charge on any atom is -0.281 e. The first kappa shape index (κ1) is 10.9. The molecule has 1 aromatic carbocycles. The van der Waals surface area contributed by atoms with Crippen molar-refractivity contribution in [3.63, 3.8) is 0 Å². The van der Waals surface area contributed by atoms with Crippen molar-refractivity contribution in [1.82, 2.24) is 0 Å². The molecule has 0 bridgehead atoms. The number of halogens is 1. The van der Waals surface area contributed by atoms with Crippen LogP contribution in [0.2, 0.25) is 0 Å². The summed E-state index contributed by atoms with van der Waals surface area (Å²) >= 11 is 2.96. The van der Waals surface area contributed by atoms with E-state index in [1.165, 1.54) is 37.7 Å². The van der Waals surface area contributed by atoms with Crippen LogP contribution in [0, 0.1) is 0 Å². The number of hydrogen-bond donors (Lipinski definition) is 0. The zero-order chi connectivity index (χ0) is 10.7. The van der Waals surface area contributed by atoms with Gasteiger partial charge in [0.25, 0.3) is 0 Å². The van der Waals surface area contributed by atoms with Crippen molar-refractivity contribution in [2.24, 2.45) is 0 Å². The SMILES string of the molecule is O=C(Br)c1ccc(C2CCCCC2)cc1. The molecule has 1 aliphatic rings. The molecule has 0 spiro atoms. The monoisotopic (exact) mass is 266 g/mol. The topological polar surface area (TPSA) is 17.1 Å². The van der Waals surface area contributed by atoms with E-state index in [9.17, 15) is 4.79 Å². The molecule has 1 aliphatic carbocycles. The quantitative estimate of drug-likeness (QED) is 0.731. The lowest BCUT2D eigenvalue weighted by atomic mass is 9.84. The number of carbonyl (C=O) groups excluding carboxylic acids is 1. The summed E-state index contributed by atoms with van der Waals surface area (Å²) < 4.78 is -0.0299. The zero-order valence-corrected chi connectivity index (χ0v) is 10.3. The van der Waals surface area contributed by atoms with Crippen molar-refractivity contribution in [2.45, 2.75) is 38.0 Å². The van der Waals surface area contributed by atoms with Gasteiger partial charge in [-0.25, -0.2) is 0 Å². The van der Waals surface area contributed by atoms with Crippen molar-refractivity contribution in [3.05, 3.63) is 35.4 Å². The van der Waals surface area contributed by atoms with Gasteiger partial charge in [-0.15, -0.1) is 0 Å². The van der Waals surface area contributed by atoms with Crippen molar-refractivity contribution in [1.29, 1.82) is 0 Å². The molecule has 15 heavy (non-hydrogen) atoms. The van der Waals surface area contributed by atoms with Gasteiger partial charge in [0.2, 0.25) is 4.69 Å². The standard InChI is InChI=1S/C13H15BrO/c14-13(15)12-8-6-11(7-9-12)10-4-2-1-3-5-10/h6-10H,1-5H2. The van der Waals surface area contributed by atoms with Crippen LogP contribution in [0.15, 0.2) is 24.3 Å². The van der Waals surface area contributed by atoms with Gasteiger partial charge in [0, 0.05) is 5.56 Å². The number of benzene rings is 1. The zero-order valence-electron chi connectivity index (χ0n) is 8.71. The lowest BCUT2D eigenvalue weighted by Gasteiger charge is -2.21. The van der Waals surface area contributed by atoms with E-state index in [0.29, 0.717) is 0 Å². The normalized spacial score (nSPS) is 17.7. The largest absolute Gasteiger partial charge is 0.281 e. The van der Waals surface area contributed by atoms with E-state index < -0.39 is 0 Å². The predicted octanol–water partition coefficient (Wildman–Crippen LogP) is 4.27. The molecule has 0 saturated heterocycles. The van der Waals surface area contributed by atoms with Crippen LogP contribution in [0.1, 0.15) is 53.9 Å². The Hall–Kier alpha value is -0.630. The first-order valence-corrected chi connectivity index (χ1v) is 6.36. The summed E-state index contributed by atoms with van der Waals surface area (Å²) in [5.41, 5.74) is 2.14. The van der Waals surface area contributed by atoms with E-state index in [4.69, 9.17) is 0 Å². The van der Waals surface area contributed by atoms with E-state index in [2.05, 4.69) is 28.1 Å². The van der Waals surface area contributed by atoms with Gasteiger partial charge < -0.3 is 0 Å². The fourth-order valence-electron chi connectivity index (χ4n) is 2.32. The molecule has 2 heteroatoms. The molecule has 0 aromatic heterocycles. The summed E-state index contributed by atoms with van der Waals surface area (Å²) in [5.74, 6) is 0.721. The molecule has 0 N–H and O–H groups in total. The van der Waals surface area contributed by atoms with E-state index >= 15 is 0 Å². The maximum absolute atomic E-state index is 11.0. The molecular weight excluding hydrogens is 252 g/mol. The average molecular weight is 267 g/mol. The fraction of sp³-hybridized carbons (Fsp3) is 0.462. The minimum atomic E-state index is -0.0299. The van der Waals surface area contributed by atoms with Crippen LogP contribution < -0.4 is 0 Å². The van der Waals surface area contributed by atoms with Crippen LogP contribution in [0.25, 0.3) is 0 Å². The van der Waals surface area contributed by atoms with Gasteiger partial charge in [-0.05, 0) is 40.3 Å². The van der Waals surface area contributed by atoms with Crippen LogP contribution in [-0.4, -0.2) is 4.69 Å². The molecule has 1 nitrogen and oxygen atoms in total. The number of rotatable bonds is 2. The van der Waals surface area contributed by atoms with Crippen molar-refractivity contribution < 1.29 is 4.79 Å². The molecule has 0 amide bonds. The molecule has 0 unspecified atom stereocenters. The first-order valence-electron chi connectivity index (χ1n) is 5.57. The second-order valence-electron chi connectivity index (χ2n) is 4.23. The second-order valence-corrected chi connectivity index (χ2v) is 4.95. The number of hydrogen-bond acceptors (Lipinski definition) is 1. The third kappa shape index (κ3) is 2.69. The van der Waals surface area contributed by atoms with Gasteiger partial charge in [0.15, 0.2) is 0 Å². The molecule has 0 heterocycles. The Morgan fingerprint density at radius 2 is 1.67 bits per heavy atom. The Balaban J connectivity index is 2.11. The van der Waals surface area contributed by atoms with E-state index in [0.717, 1.165) is 11.5 Å². The summed E-state index contributed by atoms with van der Waals surface area (Å²) in [6.45, 7) is 0. The summed E-state index contributed by atoms with van der Waals surface area (Å²) in [5, 5.41) is 0. The van der Waals surface area contributed by atoms with Gasteiger partial charge in [-0.1, -0.05) is 43.5 Å².